The van der Waals surface area contributed by atoms with Crippen molar-refractivity contribution in [2.75, 3.05) is 5.73 Å². The van der Waals surface area contributed by atoms with Crippen molar-refractivity contribution >= 4 is 5.82 Å². The molecular weight excluding hydrogens is 138 g/mol. The average molecular weight is 149 g/mol. The lowest BCUT2D eigenvalue weighted by Crippen LogP contribution is -2.06. The van der Waals surface area contributed by atoms with Gasteiger partial charge in [-0.3, -0.25) is 0 Å². The van der Waals surface area contributed by atoms with E-state index in [1.807, 2.05) is 6.20 Å². The molecule has 0 bridgehead atoms. The first-order valence-corrected chi connectivity index (χ1v) is 3.78. The predicted octanol–water partition coefficient (Wildman–Crippen LogP) is 1.11. The van der Waals surface area contributed by atoms with Crippen LogP contribution < -0.4 is 5.73 Å². The van der Waals surface area contributed by atoms with Gasteiger partial charge in [-0.2, -0.15) is 0 Å². The average Bonchev–Trinajstić information content (AvgIpc) is 2.70. The Morgan fingerprint density at radius 1 is 1.55 bits per heavy atom. The molecule has 0 unspecified atom stereocenters. The van der Waals surface area contributed by atoms with Crippen molar-refractivity contribution in [2.45, 2.75) is 25.2 Å². The van der Waals surface area contributed by atoms with Gasteiger partial charge >= 0.3 is 0 Å². The van der Waals surface area contributed by atoms with Gasteiger partial charge in [-0.1, -0.05) is 6.92 Å². The summed E-state index contributed by atoms with van der Waals surface area (Å²) in [5, 5.41) is 0. The first-order chi connectivity index (χ1) is 5.22. The molecule has 2 rings (SSSR count). The maximum Gasteiger partial charge on any atom is 0.130 e. The normalized spacial score (nSPS) is 19.7. The number of nitrogen functional groups attached to an aromatic ring is 1. The Morgan fingerprint density at radius 3 is 2.82 bits per heavy atom. The second-order valence-electron chi connectivity index (χ2n) is 3.38. The SMILES string of the molecule is CC1(c2cncnc2N)CC1. The van der Waals surface area contributed by atoms with Crippen LogP contribution in [-0.4, -0.2) is 9.97 Å². The van der Waals surface area contributed by atoms with Gasteiger partial charge in [0.05, 0.1) is 0 Å². The van der Waals surface area contributed by atoms with Crippen LogP contribution in [0.5, 0.6) is 0 Å². The first kappa shape index (κ1) is 6.58. The summed E-state index contributed by atoms with van der Waals surface area (Å²) in [5.41, 5.74) is 7.09. The highest BCUT2D eigenvalue weighted by Gasteiger charge is 2.40. The van der Waals surface area contributed by atoms with Crippen molar-refractivity contribution in [1.29, 1.82) is 0 Å². The fourth-order valence-electron chi connectivity index (χ4n) is 1.26. The van der Waals surface area contributed by atoms with Gasteiger partial charge in [0.2, 0.25) is 0 Å². The molecule has 2 N–H and O–H groups in total. The summed E-state index contributed by atoms with van der Waals surface area (Å²) in [5.74, 6) is 0.639. The highest BCUT2D eigenvalue weighted by atomic mass is 14.9. The molecule has 11 heavy (non-hydrogen) atoms. The minimum absolute atomic E-state index is 0.283. The second kappa shape index (κ2) is 1.94. The Bertz CT molecular complexity index is 278. The van der Waals surface area contributed by atoms with Crippen molar-refractivity contribution < 1.29 is 0 Å². The van der Waals surface area contributed by atoms with E-state index in [1.54, 1.807) is 0 Å². The lowest BCUT2D eigenvalue weighted by Gasteiger charge is -2.08. The van der Waals surface area contributed by atoms with E-state index in [2.05, 4.69) is 16.9 Å². The summed E-state index contributed by atoms with van der Waals surface area (Å²) >= 11 is 0. The van der Waals surface area contributed by atoms with Gasteiger partial charge in [0, 0.05) is 11.8 Å². The topological polar surface area (TPSA) is 51.8 Å². The van der Waals surface area contributed by atoms with Crippen molar-refractivity contribution in [3.05, 3.63) is 18.1 Å². The third kappa shape index (κ3) is 0.964. The number of rotatable bonds is 1. The number of hydrogen-bond donors (Lipinski definition) is 1. The maximum absolute atomic E-state index is 5.70. The summed E-state index contributed by atoms with van der Waals surface area (Å²) in [4.78, 5) is 7.91. The zero-order valence-electron chi connectivity index (χ0n) is 6.54. The highest BCUT2D eigenvalue weighted by molar-refractivity contribution is 5.44. The Balaban J connectivity index is 2.45. The molecule has 0 saturated heterocycles. The van der Waals surface area contributed by atoms with Crippen LogP contribution in [0.3, 0.4) is 0 Å². The Labute approximate surface area is 65.7 Å². The molecule has 0 aliphatic heterocycles. The van der Waals surface area contributed by atoms with Gasteiger partial charge in [-0.15, -0.1) is 0 Å². The third-order valence-electron chi connectivity index (χ3n) is 2.39. The quantitative estimate of drug-likeness (QED) is 0.650. The minimum atomic E-state index is 0.283. The highest BCUT2D eigenvalue weighted by Crippen LogP contribution is 2.48. The molecule has 0 spiro atoms. The molecule has 1 aromatic rings. The van der Waals surface area contributed by atoms with Crippen molar-refractivity contribution in [3.63, 3.8) is 0 Å². The maximum atomic E-state index is 5.70. The van der Waals surface area contributed by atoms with Crippen LogP contribution in [0.15, 0.2) is 12.5 Å². The van der Waals surface area contributed by atoms with Crippen LogP contribution in [0.4, 0.5) is 5.82 Å². The lowest BCUT2D eigenvalue weighted by atomic mass is 10.0. The molecule has 1 heterocycles. The number of anilines is 1. The van der Waals surface area contributed by atoms with E-state index in [4.69, 9.17) is 5.73 Å². The van der Waals surface area contributed by atoms with Crippen LogP contribution in [0.25, 0.3) is 0 Å². The standard InChI is InChI=1S/C8H11N3/c1-8(2-3-8)6-4-10-5-11-7(6)9/h4-5H,2-3H2,1H3,(H2,9,10,11). The van der Waals surface area contributed by atoms with E-state index in [-0.39, 0.29) is 5.41 Å². The summed E-state index contributed by atoms with van der Waals surface area (Å²) in [6, 6.07) is 0. The van der Waals surface area contributed by atoms with E-state index in [1.165, 1.54) is 19.2 Å². The van der Waals surface area contributed by atoms with Gasteiger partial charge in [0.25, 0.3) is 0 Å². The molecule has 1 fully saturated rings. The first-order valence-electron chi connectivity index (χ1n) is 3.78. The minimum Gasteiger partial charge on any atom is -0.383 e. The van der Waals surface area contributed by atoms with Crippen LogP contribution in [0.1, 0.15) is 25.3 Å². The monoisotopic (exact) mass is 149 g/mol. The Morgan fingerprint density at radius 2 is 2.27 bits per heavy atom. The Kier molecular flexibility index (Phi) is 1.16. The zero-order valence-corrected chi connectivity index (χ0v) is 6.54. The van der Waals surface area contributed by atoms with Gasteiger partial charge in [0.1, 0.15) is 12.1 Å². The lowest BCUT2D eigenvalue weighted by molar-refractivity contribution is 0.777. The number of nitrogens with two attached hydrogens (primary N) is 1. The van der Waals surface area contributed by atoms with Crippen molar-refractivity contribution in [1.82, 2.24) is 9.97 Å². The molecule has 0 radical (unpaired) electrons. The third-order valence-corrected chi connectivity index (χ3v) is 2.39. The molecule has 58 valence electrons. The number of aromatic nitrogens is 2. The van der Waals surface area contributed by atoms with Gasteiger partial charge in [-0.25, -0.2) is 9.97 Å². The van der Waals surface area contributed by atoms with E-state index < -0.39 is 0 Å². The molecule has 1 aromatic heterocycles. The summed E-state index contributed by atoms with van der Waals surface area (Å²) in [6.07, 6.45) is 5.75. The predicted molar refractivity (Wildman–Crippen MR) is 43.0 cm³/mol. The largest absolute Gasteiger partial charge is 0.383 e. The van der Waals surface area contributed by atoms with Crippen LogP contribution in [-0.2, 0) is 5.41 Å². The van der Waals surface area contributed by atoms with E-state index >= 15 is 0 Å². The molecule has 0 amide bonds. The summed E-state index contributed by atoms with van der Waals surface area (Å²) < 4.78 is 0. The van der Waals surface area contributed by atoms with Gasteiger partial charge in [0.15, 0.2) is 0 Å². The molecule has 1 aliphatic carbocycles. The zero-order chi connectivity index (χ0) is 7.90. The van der Waals surface area contributed by atoms with Crippen molar-refractivity contribution in [3.8, 4) is 0 Å². The molecule has 0 aromatic carbocycles. The molecule has 0 atom stereocenters. The fraction of sp³-hybridized carbons (Fsp3) is 0.500. The van der Waals surface area contributed by atoms with E-state index in [9.17, 15) is 0 Å². The van der Waals surface area contributed by atoms with Crippen LogP contribution in [0, 0.1) is 0 Å². The summed E-state index contributed by atoms with van der Waals surface area (Å²) in [6.45, 7) is 2.20. The second-order valence-corrected chi connectivity index (χ2v) is 3.38. The number of nitrogens with zero attached hydrogens (tertiary/aromatic N) is 2. The van der Waals surface area contributed by atoms with Crippen LogP contribution >= 0.6 is 0 Å². The molecule has 1 saturated carbocycles. The molecule has 3 nitrogen and oxygen atoms in total. The smallest absolute Gasteiger partial charge is 0.130 e. The fourth-order valence-corrected chi connectivity index (χ4v) is 1.26. The summed E-state index contributed by atoms with van der Waals surface area (Å²) in [7, 11) is 0. The van der Waals surface area contributed by atoms with E-state index in [0.717, 1.165) is 5.56 Å². The van der Waals surface area contributed by atoms with Gasteiger partial charge in [-0.05, 0) is 18.3 Å². The Hall–Kier alpha value is -1.12. The number of hydrogen-bond acceptors (Lipinski definition) is 3. The molecular formula is C8H11N3. The molecule has 3 heteroatoms. The van der Waals surface area contributed by atoms with Crippen LogP contribution in [0.2, 0.25) is 0 Å². The van der Waals surface area contributed by atoms with Gasteiger partial charge < -0.3 is 5.73 Å². The van der Waals surface area contributed by atoms with Crippen molar-refractivity contribution in [2.24, 2.45) is 0 Å². The van der Waals surface area contributed by atoms with E-state index in [0.29, 0.717) is 5.82 Å². The molecule has 1 aliphatic rings.